The zero-order valence-corrected chi connectivity index (χ0v) is 5.11. The zero-order chi connectivity index (χ0) is 6.69. The second-order valence-electron chi connectivity index (χ2n) is 2.24. The van der Waals surface area contributed by atoms with E-state index in [4.69, 9.17) is 0 Å². The molecule has 1 aliphatic rings. The first-order valence-electron chi connectivity index (χ1n) is 3.12. The van der Waals surface area contributed by atoms with Crippen molar-refractivity contribution in [3.8, 4) is 0 Å². The summed E-state index contributed by atoms with van der Waals surface area (Å²) in [6.07, 6.45) is 1.12. The average Bonchev–Trinajstić information content (AvgIpc) is 1.90. The van der Waals surface area contributed by atoms with E-state index in [0.717, 1.165) is 13.1 Å². The summed E-state index contributed by atoms with van der Waals surface area (Å²) in [6.45, 7) is 1.43. The fourth-order valence-electron chi connectivity index (χ4n) is 1.00. The van der Waals surface area contributed by atoms with Gasteiger partial charge in [-0.3, -0.25) is 0 Å². The maximum Gasteiger partial charge on any atom is 0.0754 e. The molecule has 4 heteroatoms. The normalized spacial score (nSPS) is 23.0. The molecule has 0 spiro atoms. The summed E-state index contributed by atoms with van der Waals surface area (Å²) in [5.41, 5.74) is 0. The molecule has 0 aromatic rings. The molecule has 0 aliphatic carbocycles. The van der Waals surface area contributed by atoms with Crippen LogP contribution in [0.15, 0.2) is 0 Å². The van der Waals surface area contributed by atoms with Crippen molar-refractivity contribution in [3.05, 3.63) is 0 Å². The highest BCUT2D eigenvalue weighted by molar-refractivity contribution is 4.69. The molecule has 1 aliphatic heterocycles. The Morgan fingerprint density at radius 3 is 2.11 bits per heavy atom. The summed E-state index contributed by atoms with van der Waals surface area (Å²) in [4.78, 5) is 0. The molecular formula is C5H10F2N2. The second kappa shape index (κ2) is 3.08. The van der Waals surface area contributed by atoms with E-state index >= 15 is 0 Å². The Morgan fingerprint density at radius 2 is 1.78 bits per heavy atom. The second-order valence-corrected chi connectivity index (χ2v) is 2.24. The lowest BCUT2D eigenvalue weighted by molar-refractivity contribution is -0.192. The molecule has 1 fully saturated rings. The van der Waals surface area contributed by atoms with Gasteiger partial charge in [0.2, 0.25) is 0 Å². The van der Waals surface area contributed by atoms with E-state index in [0.29, 0.717) is 12.8 Å². The van der Waals surface area contributed by atoms with Crippen LogP contribution in [0.3, 0.4) is 0 Å². The van der Waals surface area contributed by atoms with Crippen molar-refractivity contribution >= 4 is 0 Å². The average molecular weight is 136 g/mol. The number of rotatable bonds is 1. The molecule has 0 saturated carbocycles. The maximum atomic E-state index is 11.7. The molecule has 2 nitrogen and oxygen atoms in total. The first kappa shape index (κ1) is 6.89. The van der Waals surface area contributed by atoms with Gasteiger partial charge in [0.05, 0.1) is 6.04 Å². The Kier molecular flexibility index (Phi) is 2.36. The van der Waals surface area contributed by atoms with E-state index in [-0.39, 0.29) is 0 Å². The Bertz CT molecular complexity index is 81.0. The molecule has 0 aromatic heterocycles. The van der Waals surface area contributed by atoms with Gasteiger partial charge in [0.15, 0.2) is 0 Å². The molecule has 0 bridgehead atoms. The number of hydrogen-bond acceptors (Lipinski definition) is 2. The largest absolute Gasteiger partial charge is 0.317 e. The summed E-state index contributed by atoms with van der Waals surface area (Å²) < 4.78 is 23.5. The third kappa shape index (κ3) is 1.87. The van der Waals surface area contributed by atoms with E-state index in [1.165, 1.54) is 0 Å². The monoisotopic (exact) mass is 136 g/mol. The molecule has 9 heavy (non-hydrogen) atoms. The van der Waals surface area contributed by atoms with E-state index in [9.17, 15) is 8.96 Å². The Balaban J connectivity index is 2.23. The third-order valence-electron chi connectivity index (χ3n) is 1.58. The number of nitrogens with zero attached hydrogens (tertiary/aromatic N) is 1. The topological polar surface area (TPSA) is 15.3 Å². The first-order valence-corrected chi connectivity index (χ1v) is 3.12. The van der Waals surface area contributed by atoms with Gasteiger partial charge in [-0.05, 0) is 25.9 Å². The van der Waals surface area contributed by atoms with Crippen molar-refractivity contribution < 1.29 is 8.96 Å². The van der Waals surface area contributed by atoms with Crippen LogP contribution in [0.25, 0.3) is 0 Å². The van der Waals surface area contributed by atoms with Crippen molar-refractivity contribution in [2.24, 2.45) is 0 Å². The van der Waals surface area contributed by atoms with Crippen molar-refractivity contribution in [3.63, 3.8) is 0 Å². The molecule has 1 N–H and O–H groups in total. The molecule has 1 saturated heterocycles. The van der Waals surface area contributed by atoms with Gasteiger partial charge in [-0.15, -0.1) is 8.96 Å². The summed E-state index contributed by atoms with van der Waals surface area (Å²) >= 11 is 0. The van der Waals surface area contributed by atoms with E-state index in [2.05, 4.69) is 5.32 Å². The minimum absolute atomic E-state index is 0.508. The van der Waals surface area contributed by atoms with Crippen LogP contribution in [0.2, 0.25) is 0 Å². The van der Waals surface area contributed by atoms with Crippen molar-refractivity contribution in [2.75, 3.05) is 13.1 Å². The highest BCUT2D eigenvalue weighted by atomic mass is 19.4. The van der Waals surface area contributed by atoms with Crippen molar-refractivity contribution in [1.29, 1.82) is 0 Å². The standard InChI is InChI=1S/C5H10F2N2/c6-9(7)5-1-3-8-4-2-5/h5,8H,1-4H2. The van der Waals surface area contributed by atoms with Crippen LogP contribution >= 0.6 is 0 Å². The molecular weight excluding hydrogens is 126 g/mol. The Morgan fingerprint density at radius 1 is 1.22 bits per heavy atom. The minimum atomic E-state index is -0.680. The van der Waals surface area contributed by atoms with Crippen molar-refractivity contribution in [1.82, 2.24) is 10.7 Å². The molecule has 1 heterocycles. The van der Waals surface area contributed by atoms with Crippen LogP contribution in [0.4, 0.5) is 8.96 Å². The van der Waals surface area contributed by atoms with Gasteiger partial charge in [0.25, 0.3) is 0 Å². The highest BCUT2D eigenvalue weighted by Gasteiger charge is 2.19. The van der Waals surface area contributed by atoms with Crippen LogP contribution in [0, 0.1) is 0 Å². The predicted molar refractivity (Wildman–Crippen MR) is 29.9 cm³/mol. The van der Waals surface area contributed by atoms with Gasteiger partial charge in [-0.1, -0.05) is 0 Å². The molecule has 1 rings (SSSR count). The van der Waals surface area contributed by atoms with Crippen LogP contribution in [0.1, 0.15) is 12.8 Å². The number of halogens is 2. The summed E-state index contributed by atoms with van der Waals surface area (Å²) in [5.74, 6) is 0. The van der Waals surface area contributed by atoms with Crippen LogP contribution in [-0.2, 0) is 0 Å². The fourth-order valence-corrected chi connectivity index (χ4v) is 1.00. The number of nitrogens with one attached hydrogen (secondary N) is 1. The summed E-state index contributed by atoms with van der Waals surface area (Å²) in [7, 11) is 0. The van der Waals surface area contributed by atoms with Gasteiger partial charge < -0.3 is 5.32 Å². The lowest BCUT2D eigenvalue weighted by Gasteiger charge is -2.21. The molecule has 0 aromatic carbocycles. The molecule has 0 atom stereocenters. The van der Waals surface area contributed by atoms with Gasteiger partial charge in [0.1, 0.15) is 0 Å². The predicted octanol–water partition coefficient (Wildman–Crippen LogP) is 0.809. The molecule has 54 valence electrons. The van der Waals surface area contributed by atoms with Gasteiger partial charge in [-0.25, -0.2) is 0 Å². The van der Waals surface area contributed by atoms with Gasteiger partial charge in [-0.2, -0.15) is 0 Å². The smallest absolute Gasteiger partial charge is 0.0754 e. The SMILES string of the molecule is FN(F)C1CCNCC1. The Hall–Kier alpha value is -0.220. The first-order chi connectivity index (χ1) is 4.30. The summed E-state index contributed by atoms with van der Waals surface area (Å²) in [5, 5.41) is 2.33. The maximum absolute atomic E-state index is 11.7. The molecule has 0 radical (unpaired) electrons. The molecule has 0 unspecified atom stereocenters. The van der Waals surface area contributed by atoms with E-state index < -0.39 is 11.4 Å². The minimum Gasteiger partial charge on any atom is -0.317 e. The third-order valence-corrected chi connectivity index (χ3v) is 1.58. The van der Waals surface area contributed by atoms with Crippen molar-refractivity contribution in [2.45, 2.75) is 18.9 Å². The van der Waals surface area contributed by atoms with Gasteiger partial charge in [0, 0.05) is 5.34 Å². The van der Waals surface area contributed by atoms with Crippen LogP contribution < -0.4 is 5.32 Å². The zero-order valence-electron chi connectivity index (χ0n) is 5.11. The van der Waals surface area contributed by atoms with E-state index in [1.807, 2.05) is 0 Å². The Labute approximate surface area is 52.7 Å². The summed E-state index contributed by atoms with van der Waals surface area (Å²) in [6, 6.07) is -0.508. The van der Waals surface area contributed by atoms with Crippen LogP contribution in [0.5, 0.6) is 0 Å². The molecule has 0 amide bonds. The highest BCUT2D eigenvalue weighted by Crippen LogP contribution is 2.11. The van der Waals surface area contributed by atoms with E-state index in [1.54, 1.807) is 0 Å². The van der Waals surface area contributed by atoms with Gasteiger partial charge >= 0.3 is 0 Å². The lowest BCUT2D eigenvalue weighted by Crippen LogP contribution is -2.36. The lowest BCUT2D eigenvalue weighted by atomic mass is 10.1. The number of piperidine rings is 1. The quantitative estimate of drug-likeness (QED) is 0.536. The van der Waals surface area contributed by atoms with Crippen LogP contribution in [-0.4, -0.2) is 24.5 Å². The fraction of sp³-hybridized carbons (Fsp3) is 1.00. The number of hydrogen-bond donors (Lipinski definition) is 1.